The lowest BCUT2D eigenvalue weighted by atomic mass is 10.2. The summed E-state index contributed by atoms with van der Waals surface area (Å²) in [6.45, 7) is 0. The van der Waals surface area contributed by atoms with Crippen molar-refractivity contribution in [3.05, 3.63) is 0 Å². The molecule has 2 atom stereocenters. The largest absolute Gasteiger partial charge is 0.524 e. The number of nitrogens with two attached hydrogens (primary N) is 2. The molecule has 0 aromatic heterocycles. The summed E-state index contributed by atoms with van der Waals surface area (Å²) in [6, 6.07) is -2.58. The van der Waals surface area contributed by atoms with Crippen molar-refractivity contribution < 1.29 is 43.7 Å². The topological polar surface area (TPSA) is 196 Å². The Hall–Kier alpha value is -2.53. The summed E-state index contributed by atoms with van der Waals surface area (Å²) in [5, 5.41) is 16.9. The summed E-state index contributed by atoms with van der Waals surface area (Å²) < 4.78 is 8.18. The quantitative estimate of drug-likeness (QED) is 0.302. The van der Waals surface area contributed by atoms with Crippen LogP contribution in [0, 0.1) is 0 Å². The number of rotatable bonds is 8. The first-order valence-electron chi connectivity index (χ1n) is 6.05. The van der Waals surface area contributed by atoms with Crippen LogP contribution in [0.5, 0.6) is 0 Å². The summed E-state index contributed by atoms with van der Waals surface area (Å²) in [6.07, 6.45) is -3.03. The van der Waals surface area contributed by atoms with Crippen LogP contribution in [-0.2, 0) is 28.7 Å². The molecule has 0 radical (unpaired) electrons. The molecule has 0 aliphatic carbocycles. The fourth-order valence-corrected chi connectivity index (χ4v) is 1.10. The van der Waals surface area contributed by atoms with Gasteiger partial charge in [0.2, 0.25) is 0 Å². The van der Waals surface area contributed by atoms with E-state index in [0.29, 0.717) is 0 Å². The van der Waals surface area contributed by atoms with Crippen molar-refractivity contribution in [2.24, 2.45) is 11.5 Å². The second-order valence-electron chi connectivity index (χ2n) is 4.16. The molecule has 0 amide bonds. The molecule has 0 bridgehead atoms. The number of esters is 2. The lowest BCUT2D eigenvalue weighted by Crippen LogP contribution is -2.31. The highest BCUT2D eigenvalue weighted by Gasteiger charge is 2.20. The average Bonchev–Trinajstić information content (AvgIpc) is 2.41. The molecule has 11 heteroatoms. The molecule has 11 nitrogen and oxygen atoms in total. The Morgan fingerprint density at radius 3 is 1.36 bits per heavy atom. The van der Waals surface area contributed by atoms with Crippen molar-refractivity contribution in [2.45, 2.75) is 37.8 Å². The molecule has 0 saturated heterocycles. The summed E-state index contributed by atoms with van der Waals surface area (Å²) in [5.41, 5.74) is 10.3. The van der Waals surface area contributed by atoms with E-state index in [-0.39, 0.29) is 12.8 Å². The second kappa shape index (κ2) is 9.41. The Morgan fingerprint density at radius 1 is 0.773 bits per heavy atom. The van der Waals surface area contributed by atoms with Gasteiger partial charge in [-0.25, -0.2) is 4.79 Å². The van der Waals surface area contributed by atoms with Gasteiger partial charge in [0.05, 0.1) is 0 Å². The van der Waals surface area contributed by atoms with Crippen LogP contribution in [0.25, 0.3) is 0 Å². The zero-order chi connectivity index (χ0) is 17.3. The van der Waals surface area contributed by atoms with E-state index in [9.17, 15) is 24.0 Å². The number of ether oxygens (including phenoxy) is 2. The molecule has 0 aliphatic heterocycles. The van der Waals surface area contributed by atoms with Crippen molar-refractivity contribution in [3.8, 4) is 0 Å². The monoisotopic (exact) mass is 320 g/mol. The number of carboxylic acid groups (broad SMARTS) is 2. The maximum atomic E-state index is 11.1. The molecule has 0 aromatic rings. The van der Waals surface area contributed by atoms with Crippen molar-refractivity contribution in [2.75, 3.05) is 0 Å². The first-order valence-corrected chi connectivity index (χ1v) is 6.05. The second-order valence-corrected chi connectivity index (χ2v) is 4.16. The lowest BCUT2D eigenvalue weighted by molar-refractivity contribution is -0.146. The molecule has 0 unspecified atom stereocenters. The number of carboxylic acids is 2. The van der Waals surface area contributed by atoms with Gasteiger partial charge >= 0.3 is 30.0 Å². The maximum absolute atomic E-state index is 11.1. The first-order chi connectivity index (χ1) is 10.1. The molecule has 0 aromatic carbocycles. The Balaban J connectivity index is 4.02. The molecular weight excluding hydrogens is 304 g/mol. The van der Waals surface area contributed by atoms with Crippen molar-refractivity contribution in [1.82, 2.24) is 0 Å². The number of carbonyl (C=O) groups is 5. The van der Waals surface area contributed by atoms with Gasteiger partial charge in [-0.05, 0) is 12.8 Å². The van der Waals surface area contributed by atoms with E-state index < -0.39 is 55.0 Å². The van der Waals surface area contributed by atoms with Gasteiger partial charge in [0.25, 0.3) is 0 Å². The Labute approximate surface area is 124 Å². The predicted octanol–water partition coefficient (Wildman–Crippen LogP) is -1.42. The van der Waals surface area contributed by atoms with Gasteiger partial charge in [-0.1, -0.05) is 0 Å². The standard InChI is InChI=1S/C11H16N2O9/c12-5(9(16)17)1-3-7(14)21-11(20)22-8(15)4-2-6(13)10(18)19/h5-6H,1-4,12-13H2,(H,16,17)(H,18,19)/t5-,6-/m0/s1. The van der Waals surface area contributed by atoms with Crippen molar-refractivity contribution >= 4 is 30.0 Å². The van der Waals surface area contributed by atoms with Crippen LogP contribution in [0.3, 0.4) is 0 Å². The zero-order valence-electron chi connectivity index (χ0n) is 11.4. The SMILES string of the molecule is N[C@@H](CCC(=O)OC(=O)OC(=O)CC[C@H](N)C(=O)O)C(=O)O. The fraction of sp³-hybridized carbons (Fsp3) is 0.545. The summed E-state index contributed by atoms with van der Waals surface area (Å²) in [7, 11) is 0. The van der Waals surface area contributed by atoms with E-state index in [2.05, 4.69) is 9.47 Å². The molecule has 0 aliphatic rings. The summed E-state index contributed by atoms with van der Waals surface area (Å²) >= 11 is 0. The van der Waals surface area contributed by atoms with Crippen LogP contribution in [0.2, 0.25) is 0 Å². The first kappa shape index (κ1) is 19.5. The Kier molecular flexibility index (Phi) is 8.33. The van der Waals surface area contributed by atoms with Crippen LogP contribution in [0.4, 0.5) is 4.79 Å². The van der Waals surface area contributed by atoms with Crippen LogP contribution < -0.4 is 11.5 Å². The minimum absolute atomic E-state index is 0.261. The van der Waals surface area contributed by atoms with Gasteiger partial charge in [0.1, 0.15) is 12.1 Å². The highest BCUT2D eigenvalue weighted by atomic mass is 16.8. The van der Waals surface area contributed by atoms with E-state index >= 15 is 0 Å². The zero-order valence-corrected chi connectivity index (χ0v) is 11.4. The molecule has 124 valence electrons. The van der Waals surface area contributed by atoms with Gasteiger partial charge in [-0.15, -0.1) is 0 Å². The molecule has 0 saturated carbocycles. The molecule has 0 spiro atoms. The Bertz CT molecular complexity index is 422. The Morgan fingerprint density at radius 2 is 1.09 bits per heavy atom. The average molecular weight is 320 g/mol. The fourth-order valence-electron chi connectivity index (χ4n) is 1.10. The highest BCUT2D eigenvalue weighted by Crippen LogP contribution is 2.02. The van der Waals surface area contributed by atoms with Gasteiger partial charge in [-0.2, -0.15) is 0 Å². The lowest BCUT2D eigenvalue weighted by Gasteiger charge is -2.07. The van der Waals surface area contributed by atoms with Gasteiger partial charge in [0, 0.05) is 12.8 Å². The maximum Gasteiger partial charge on any atom is 0.524 e. The minimum atomic E-state index is -1.59. The summed E-state index contributed by atoms with van der Waals surface area (Å²) in [5.74, 6) is -4.87. The third-order valence-corrected chi connectivity index (χ3v) is 2.35. The van der Waals surface area contributed by atoms with E-state index in [1.807, 2.05) is 0 Å². The molecule has 22 heavy (non-hydrogen) atoms. The highest BCUT2D eigenvalue weighted by molar-refractivity contribution is 5.88. The van der Waals surface area contributed by atoms with Crippen molar-refractivity contribution in [1.29, 1.82) is 0 Å². The van der Waals surface area contributed by atoms with Gasteiger partial charge in [0.15, 0.2) is 0 Å². The van der Waals surface area contributed by atoms with Crippen LogP contribution >= 0.6 is 0 Å². The molecular formula is C11H16N2O9. The number of hydrogen-bond acceptors (Lipinski definition) is 9. The van der Waals surface area contributed by atoms with Crippen LogP contribution in [-0.4, -0.2) is 52.3 Å². The van der Waals surface area contributed by atoms with E-state index in [4.69, 9.17) is 21.7 Å². The molecule has 0 heterocycles. The van der Waals surface area contributed by atoms with Gasteiger partial charge < -0.3 is 31.2 Å². The van der Waals surface area contributed by atoms with Crippen LogP contribution in [0.15, 0.2) is 0 Å². The van der Waals surface area contributed by atoms with E-state index in [1.54, 1.807) is 0 Å². The van der Waals surface area contributed by atoms with Crippen molar-refractivity contribution in [3.63, 3.8) is 0 Å². The van der Waals surface area contributed by atoms with E-state index in [0.717, 1.165) is 0 Å². The number of hydrogen-bond donors (Lipinski definition) is 4. The van der Waals surface area contributed by atoms with Gasteiger partial charge in [-0.3, -0.25) is 19.2 Å². The minimum Gasteiger partial charge on any atom is -0.480 e. The number of carbonyl (C=O) groups excluding carboxylic acids is 3. The summed E-state index contributed by atoms with van der Waals surface area (Å²) in [4.78, 5) is 54.1. The third kappa shape index (κ3) is 8.60. The molecule has 0 rings (SSSR count). The molecule has 6 N–H and O–H groups in total. The predicted molar refractivity (Wildman–Crippen MR) is 67.3 cm³/mol. The van der Waals surface area contributed by atoms with E-state index in [1.165, 1.54) is 0 Å². The molecule has 0 fully saturated rings. The normalized spacial score (nSPS) is 12.8. The smallest absolute Gasteiger partial charge is 0.480 e. The van der Waals surface area contributed by atoms with Crippen LogP contribution in [0.1, 0.15) is 25.7 Å². The third-order valence-electron chi connectivity index (χ3n) is 2.35. The number of aliphatic carboxylic acids is 2.